The first-order valence-corrected chi connectivity index (χ1v) is 20.5. The maximum atomic E-state index is 6.69. The van der Waals surface area contributed by atoms with Crippen molar-refractivity contribution in [3.05, 3.63) is 188 Å². The van der Waals surface area contributed by atoms with E-state index in [0.717, 1.165) is 89.0 Å². The highest BCUT2D eigenvalue weighted by Gasteiger charge is 2.25. The second kappa shape index (κ2) is 12.0. The zero-order valence-corrected chi connectivity index (χ0v) is 32.4. The maximum Gasteiger partial charge on any atom is 0.222 e. The van der Waals surface area contributed by atoms with Crippen molar-refractivity contribution in [3.8, 4) is 28.6 Å². The van der Waals surface area contributed by atoms with Crippen LogP contribution in [0.25, 0.3) is 122 Å². The highest BCUT2D eigenvalue weighted by atomic mass is 16.3. The largest absolute Gasteiger partial charge is 0.452 e. The number of nitrogens with zero attached hydrogens (tertiary/aromatic N) is 7. The summed E-state index contributed by atoms with van der Waals surface area (Å²) < 4.78 is 15.7. The monoisotopic (exact) mass is 781 g/mol. The van der Waals surface area contributed by atoms with Crippen LogP contribution in [0.5, 0.6) is 0 Å². The zero-order chi connectivity index (χ0) is 39.8. The molecule has 0 aliphatic rings. The molecule has 0 spiro atoms. The van der Waals surface area contributed by atoms with E-state index < -0.39 is 0 Å². The summed E-state index contributed by atoms with van der Waals surface area (Å²) in [5.41, 5.74) is 11.8. The summed E-state index contributed by atoms with van der Waals surface area (Å²) in [5.74, 6) is 3.06. The van der Waals surface area contributed by atoms with E-state index in [1.807, 2.05) is 36.5 Å². The predicted molar refractivity (Wildman–Crippen MR) is 247 cm³/mol. The van der Waals surface area contributed by atoms with E-state index in [0.29, 0.717) is 11.4 Å². The summed E-state index contributed by atoms with van der Waals surface area (Å²) in [5, 5.41) is 6.76. The third-order valence-corrected chi connectivity index (χ3v) is 12.4. The average Bonchev–Trinajstić information content (AvgIpc) is 4.12. The Morgan fingerprint density at radius 3 is 1.56 bits per heavy atom. The van der Waals surface area contributed by atoms with Gasteiger partial charge in [-0.05, 0) is 72.3 Å². The topological polar surface area (TPSA) is 71.0 Å². The fourth-order valence-corrected chi connectivity index (χ4v) is 9.90. The fraction of sp³-hybridized carbons (Fsp3) is 0. The molecule has 0 unspecified atom stereocenters. The summed E-state index contributed by atoms with van der Waals surface area (Å²) in [4.78, 5) is 16.0. The predicted octanol–water partition coefficient (Wildman–Crippen LogP) is 13.0. The minimum atomic E-state index is 0.677. The van der Waals surface area contributed by atoms with Gasteiger partial charge in [0.1, 0.15) is 17.2 Å². The van der Waals surface area contributed by atoms with E-state index in [4.69, 9.17) is 19.4 Å². The highest BCUT2D eigenvalue weighted by Crippen LogP contribution is 2.41. The SMILES string of the molecule is c1ccc2c(c1)nc1n(-c3nccc4c3oc3ccccc34)c3c(-c4cc(-n5c6ccccc6c6ccccc65)nc(-n5c6ccccc6c6ccccc65)c4)cccc3n21. The Balaban J connectivity index is 1.15. The number of para-hydroxylation sites is 8. The molecule has 7 aromatic heterocycles. The summed E-state index contributed by atoms with van der Waals surface area (Å²) >= 11 is 0. The van der Waals surface area contributed by atoms with Crippen LogP contribution < -0.4 is 0 Å². The molecule has 0 aliphatic carbocycles. The van der Waals surface area contributed by atoms with Crippen LogP contribution >= 0.6 is 0 Å². The van der Waals surface area contributed by atoms with E-state index in [9.17, 15) is 0 Å². The van der Waals surface area contributed by atoms with Crippen LogP contribution in [0.1, 0.15) is 0 Å². The molecule has 0 amide bonds. The first-order chi connectivity index (χ1) is 30.3. The Hall–Kier alpha value is -8.49. The van der Waals surface area contributed by atoms with Gasteiger partial charge >= 0.3 is 0 Å². The van der Waals surface area contributed by atoms with Crippen molar-refractivity contribution < 1.29 is 4.42 Å². The van der Waals surface area contributed by atoms with Gasteiger partial charge in [0, 0.05) is 44.1 Å². The van der Waals surface area contributed by atoms with Gasteiger partial charge in [-0.1, -0.05) is 115 Å². The minimum Gasteiger partial charge on any atom is -0.452 e. The van der Waals surface area contributed by atoms with Crippen molar-refractivity contribution in [2.45, 2.75) is 0 Å². The number of hydrogen-bond donors (Lipinski definition) is 0. The van der Waals surface area contributed by atoms with Gasteiger partial charge in [0.25, 0.3) is 0 Å². The molecular formula is C53H31N7O. The second-order valence-electron chi connectivity index (χ2n) is 15.7. The molecule has 61 heavy (non-hydrogen) atoms. The molecule has 0 atom stereocenters. The number of pyridine rings is 2. The molecule has 14 rings (SSSR count). The molecule has 0 radical (unpaired) electrons. The van der Waals surface area contributed by atoms with Crippen molar-refractivity contribution in [2.24, 2.45) is 0 Å². The van der Waals surface area contributed by atoms with Crippen molar-refractivity contribution >= 4 is 93.4 Å². The van der Waals surface area contributed by atoms with Crippen molar-refractivity contribution in [1.82, 2.24) is 33.1 Å². The van der Waals surface area contributed by atoms with Crippen molar-refractivity contribution in [3.63, 3.8) is 0 Å². The summed E-state index contributed by atoms with van der Waals surface area (Å²) in [7, 11) is 0. The molecule has 0 saturated heterocycles. The van der Waals surface area contributed by atoms with Crippen molar-refractivity contribution in [1.29, 1.82) is 0 Å². The van der Waals surface area contributed by atoms with Crippen LogP contribution in [-0.2, 0) is 0 Å². The number of furan rings is 1. The normalized spacial score (nSPS) is 12.3. The lowest BCUT2D eigenvalue weighted by Gasteiger charge is -2.16. The minimum absolute atomic E-state index is 0.677. The number of fused-ring (bicyclic) bond motifs is 14. The Morgan fingerprint density at radius 2 is 0.934 bits per heavy atom. The lowest BCUT2D eigenvalue weighted by atomic mass is 10.0. The van der Waals surface area contributed by atoms with Gasteiger partial charge in [-0.2, -0.15) is 0 Å². The Morgan fingerprint density at radius 1 is 0.410 bits per heavy atom. The van der Waals surface area contributed by atoms with E-state index in [1.165, 1.54) is 21.5 Å². The van der Waals surface area contributed by atoms with Gasteiger partial charge in [0.15, 0.2) is 11.4 Å². The zero-order valence-electron chi connectivity index (χ0n) is 32.4. The lowest BCUT2D eigenvalue weighted by molar-refractivity contribution is 0.663. The van der Waals surface area contributed by atoms with Gasteiger partial charge in [0.05, 0.1) is 44.1 Å². The lowest BCUT2D eigenvalue weighted by Crippen LogP contribution is -2.05. The van der Waals surface area contributed by atoms with Gasteiger partial charge in [-0.3, -0.25) is 18.1 Å². The van der Waals surface area contributed by atoms with Crippen LogP contribution in [0.15, 0.2) is 193 Å². The number of imidazole rings is 2. The molecule has 8 heteroatoms. The molecule has 284 valence electrons. The summed E-state index contributed by atoms with van der Waals surface area (Å²) in [6.07, 6.45) is 1.88. The average molecular weight is 782 g/mol. The van der Waals surface area contributed by atoms with Crippen molar-refractivity contribution in [2.75, 3.05) is 0 Å². The van der Waals surface area contributed by atoms with Gasteiger partial charge in [-0.15, -0.1) is 0 Å². The van der Waals surface area contributed by atoms with Crippen LogP contribution in [0.2, 0.25) is 0 Å². The Kier molecular flexibility index (Phi) is 6.40. The number of hydrogen-bond acceptors (Lipinski definition) is 4. The van der Waals surface area contributed by atoms with Gasteiger partial charge in [0.2, 0.25) is 5.78 Å². The summed E-state index contributed by atoms with van der Waals surface area (Å²) in [6.45, 7) is 0. The van der Waals surface area contributed by atoms with E-state index in [-0.39, 0.29) is 0 Å². The van der Waals surface area contributed by atoms with Gasteiger partial charge in [-0.25, -0.2) is 15.0 Å². The van der Waals surface area contributed by atoms with E-state index in [1.54, 1.807) is 0 Å². The van der Waals surface area contributed by atoms with Crippen LogP contribution in [-0.4, -0.2) is 33.1 Å². The van der Waals surface area contributed by atoms with E-state index in [2.05, 4.69) is 170 Å². The first-order valence-electron chi connectivity index (χ1n) is 20.5. The molecule has 8 nitrogen and oxygen atoms in total. The number of aromatic nitrogens is 7. The van der Waals surface area contributed by atoms with Crippen LogP contribution in [0.3, 0.4) is 0 Å². The molecule has 0 aliphatic heterocycles. The molecule has 14 aromatic rings. The quantitative estimate of drug-likeness (QED) is 0.178. The van der Waals surface area contributed by atoms with E-state index >= 15 is 0 Å². The van der Waals surface area contributed by atoms with Gasteiger partial charge < -0.3 is 4.42 Å². The third-order valence-electron chi connectivity index (χ3n) is 12.4. The number of rotatable bonds is 4. The molecule has 0 fully saturated rings. The fourth-order valence-electron chi connectivity index (χ4n) is 9.90. The standard InChI is InChI=1S/C53H31N7O/c1-7-21-41-34(14-1)35-15-2-8-22-42(35)57(41)48-30-32(31-49(56-48)58-43-23-9-3-16-36(43)37-17-4-10-24-44(37)58)33-19-13-26-46-50(33)60(53-55-40-20-6-11-25-45(40)59(46)53)52-51-39(28-29-54-52)38-18-5-12-27-47(38)61-51/h1-31H. The molecular weight excluding hydrogens is 751 g/mol. The molecule has 0 saturated carbocycles. The first kappa shape index (κ1) is 32.5. The second-order valence-corrected chi connectivity index (χ2v) is 15.7. The maximum absolute atomic E-state index is 6.69. The third kappa shape index (κ3) is 4.39. The Labute approximate surface area is 346 Å². The smallest absolute Gasteiger partial charge is 0.222 e. The molecule has 0 bridgehead atoms. The van der Waals surface area contributed by atoms with Crippen LogP contribution in [0, 0.1) is 0 Å². The highest BCUT2D eigenvalue weighted by molar-refractivity contribution is 6.12. The summed E-state index contributed by atoms with van der Waals surface area (Å²) in [6, 6.07) is 63.9. The molecule has 7 aromatic carbocycles. The molecule has 0 N–H and O–H groups in total. The van der Waals surface area contributed by atoms with Crippen LogP contribution in [0.4, 0.5) is 0 Å². The molecule has 7 heterocycles. The number of benzene rings is 7. The Bertz CT molecular complexity index is 3900.